The molecule has 0 saturated heterocycles. The second kappa shape index (κ2) is 9.22. The Hall–Kier alpha value is -5.20. The van der Waals surface area contributed by atoms with Gasteiger partial charge < -0.3 is 0 Å². The monoisotopic (exact) mass is 520 g/mol. The average Bonchev–Trinajstić information content (AvgIpc) is 3.18. The molecule has 0 amide bonds. The molecule has 0 heteroatoms. The third kappa shape index (κ3) is 3.61. The third-order valence-electron chi connectivity index (χ3n) is 7.27. The summed E-state index contributed by atoms with van der Waals surface area (Å²) in [7, 11) is 0. The molecule has 0 aliphatic heterocycles. The number of fused-ring (bicyclic) bond motifs is 4. The molecule has 8 rings (SSSR count). The van der Waals surface area contributed by atoms with E-state index in [-0.39, 0.29) is 49.0 Å². The lowest BCUT2D eigenvalue weighted by Crippen LogP contribution is -1.91. The van der Waals surface area contributed by atoms with Gasteiger partial charge in [-0.05, 0) is 82.5 Å². The zero-order chi connectivity index (χ0) is 38.7. The lowest BCUT2D eigenvalue weighted by atomic mass is 9.84. The van der Waals surface area contributed by atoms with Crippen LogP contribution in [0.1, 0.15) is 19.2 Å². The number of hydrogen-bond donors (Lipinski definition) is 0. The first kappa shape index (κ1) is 12.8. The van der Waals surface area contributed by atoms with Crippen molar-refractivity contribution in [1.29, 1.82) is 0 Å². The van der Waals surface area contributed by atoms with E-state index in [9.17, 15) is 4.11 Å². The molecule has 8 aromatic rings. The minimum absolute atomic E-state index is 0.00600. The van der Waals surface area contributed by atoms with Gasteiger partial charge >= 0.3 is 0 Å². The first-order valence-corrected chi connectivity index (χ1v) is 12.7. The maximum atomic E-state index is 9.24. The van der Waals surface area contributed by atoms with Crippen molar-refractivity contribution in [2.75, 3.05) is 0 Å². The van der Waals surface area contributed by atoms with Gasteiger partial charge in [0.1, 0.15) is 0 Å². The molecule has 40 heavy (non-hydrogen) atoms. The third-order valence-corrected chi connectivity index (χ3v) is 7.27. The molecule has 0 bridgehead atoms. The Balaban J connectivity index is 1.58. The Morgan fingerprint density at radius 2 is 0.950 bits per heavy atom. The Kier molecular flexibility index (Phi) is 2.94. The van der Waals surface area contributed by atoms with Gasteiger partial charge in [-0.2, -0.15) is 0 Å². The molecule has 186 valence electrons. The van der Waals surface area contributed by atoms with Crippen LogP contribution in [0.3, 0.4) is 0 Å². The summed E-state index contributed by atoms with van der Waals surface area (Å²) in [4.78, 5) is 0. The largest absolute Gasteiger partial charge is 0.0629 e. The van der Waals surface area contributed by atoms with Crippen LogP contribution in [0.15, 0.2) is 157 Å². The fourth-order valence-electron chi connectivity index (χ4n) is 5.43. The SMILES string of the molecule is [2H]c1cc2c(-c3c([2H])c([2H])c([2H])c4c([2H])c([2H])c([2H])c([2H])c34)c3c([2H])c([2H])c([2H])c([2H])c3c(-c3ccc(-c4ccc5ccccc5c4)cc3)c2c([2H])c1[2H]. The van der Waals surface area contributed by atoms with Gasteiger partial charge in [0.15, 0.2) is 0 Å². The number of benzene rings is 8. The Labute approximate surface area is 253 Å². The molecule has 0 aromatic heterocycles. The van der Waals surface area contributed by atoms with Crippen molar-refractivity contribution in [1.82, 2.24) is 0 Å². The van der Waals surface area contributed by atoms with Crippen LogP contribution < -0.4 is 0 Å². The van der Waals surface area contributed by atoms with E-state index >= 15 is 0 Å². The Morgan fingerprint density at radius 3 is 1.77 bits per heavy atom. The smallest absolute Gasteiger partial charge is 0.0616 e. The van der Waals surface area contributed by atoms with Crippen molar-refractivity contribution < 1.29 is 19.2 Å². The second-order valence-corrected chi connectivity index (χ2v) is 9.47. The van der Waals surface area contributed by atoms with Crippen molar-refractivity contribution in [2.45, 2.75) is 0 Å². The first-order valence-electron chi connectivity index (χ1n) is 19.7. The Morgan fingerprint density at radius 1 is 0.350 bits per heavy atom. The summed E-state index contributed by atoms with van der Waals surface area (Å²) < 4.78 is 123. The topological polar surface area (TPSA) is 0 Å². The van der Waals surface area contributed by atoms with Crippen molar-refractivity contribution in [2.24, 2.45) is 0 Å². The van der Waals surface area contributed by atoms with Gasteiger partial charge in [0.05, 0.1) is 19.2 Å². The highest BCUT2D eigenvalue weighted by molar-refractivity contribution is 6.23. The maximum Gasteiger partial charge on any atom is 0.0629 e. The minimum Gasteiger partial charge on any atom is -0.0616 e. The summed E-state index contributed by atoms with van der Waals surface area (Å²) in [6.07, 6.45) is 0. The maximum absolute atomic E-state index is 9.24. The van der Waals surface area contributed by atoms with Crippen molar-refractivity contribution in [3.05, 3.63) is 157 Å². The molecule has 0 fully saturated rings. The minimum atomic E-state index is -0.688. The molecule has 0 nitrogen and oxygen atoms in total. The van der Waals surface area contributed by atoms with Gasteiger partial charge in [-0.15, -0.1) is 0 Å². The highest BCUT2D eigenvalue weighted by Gasteiger charge is 2.17. The molecule has 8 aromatic carbocycles. The summed E-state index contributed by atoms with van der Waals surface area (Å²) in [5, 5.41) is 1.20. The Bertz CT molecular complexity index is 2960. The summed E-state index contributed by atoms with van der Waals surface area (Å²) >= 11 is 0. The predicted octanol–water partition coefficient (Wildman–Crippen LogP) is 11.3. The summed E-state index contributed by atoms with van der Waals surface area (Å²) in [6, 6.07) is 14.2. The normalized spacial score (nSPS) is 16.4. The average molecular weight is 521 g/mol. The molecule has 0 spiro atoms. The molecule has 0 N–H and O–H groups in total. The zero-order valence-electron chi connectivity index (χ0n) is 34.9. The fourth-order valence-corrected chi connectivity index (χ4v) is 5.43. The van der Waals surface area contributed by atoms with Crippen LogP contribution in [0.25, 0.3) is 76.5 Å². The molecular formula is C40H26. The summed E-state index contributed by atoms with van der Waals surface area (Å²) in [6.45, 7) is 0. The van der Waals surface area contributed by atoms with Crippen LogP contribution in [-0.4, -0.2) is 0 Å². The van der Waals surface area contributed by atoms with E-state index in [1.807, 2.05) is 54.6 Å². The zero-order valence-corrected chi connectivity index (χ0v) is 20.9. The van der Waals surface area contributed by atoms with Gasteiger partial charge in [-0.3, -0.25) is 0 Å². The molecule has 0 atom stereocenters. The quantitative estimate of drug-likeness (QED) is 0.203. The first-order chi connectivity index (χ1) is 25.6. The van der Waals surface area contributed by atoms with E-state index in [0.29, 0.717) is 5.56 Å². The van der Waals surface area contributed by atoms with Crippen LogP contribution in [0.2, 0.25) is 0 Å². The van der Waals surface area contributed by atoms with E-state index in [4.69, 9.17) is 15.1 Å². The van der Waals surface area contributed by atoms with Crippen molar-refractivity contribution >= 4 is 43.1 Å². The van der Waals surface area contributed by atoms with E-state index < -0.39 is 84.6 Å². The highest BCUT2D eigenvalue weighted by atomic mass is 14.2. The molecule has 0 aliphatic rings. The van der Waals surface area contributed by atoms with Gasteiger partial charge in [0.25, 0.3) is 0 Å². The number of rotatable bonds is 3. The molecule has 0 radical (unpaired) electrons. The predicted molar refractivity (Wildman–Crippen MR) is 173 cm³/mol. The summed E-state index contributed by atoms with van der Waals surface area (Å²) in [5.74, 6) is 0. The standard InChI is InChI=1S/C40H26/c1-2-12-31-26-32(25-22-27(31)10-1)28-20-23-30(24-21-28)39-35-15-5-7-17-37(35)40(38-18-8-6-16-36(38)39)34-19-9-13-29-11-3-4-14-33(29)34/h1-26H/i3D,4D,5D,6D,7D,8D,9D,11D,13D,14D,15D,16D,17D,19D. The van der Waals surface area contributed by atoms with Crippen LogP contribution in [-0.2, 0) is 0 Å². The molecule has 0 aliphatic carbocycles. The lowest BCUT2D eigenvalue weighted by molar-refractivity contribution is 1.63. The van der Waals surface area contributed by atoms with Crippen LogP contribution >= 0.6 is 0 Å². The summed E-state index contributed by atoms with van der Waals surface area (Å²) in [5.41, 5.74) is 1.88. The molecule has 0 heterocycles. The van der Waals surface area contributed by atoms with Crippen molar-refractivity contribution in [3.63, 3.8) is 0 Å². The van der Waals surface area contributed by atoms with Gasteiger partial charge in [0.2, 0.25) is 0 Å². The van der Waals surface area contributed by atoms with Gasteiger partial charge in [-0.25, -0.2) is 0 Å². The van der Waals surface area contributed by atoms with Crippen molar-refractivity contribution in [3.8, 4) is 33.4 Å². The van der Waals surface area contributed by atoms with Crippen LogP contribution in [0, 0.1) is 0 Å². The van der Waals surface area contributed by atoms with E-state index in [2.05, 4.69) is 0 Å². The lowest BCUT2D eigenvalue weighted by Gasteiger charge is -2.19. The van der Waals surface area contributed by atoms with Gasteiger partial charge in [-0.1, -0.05) is 151 Å². The van der Waals surface area contributed by atoms with Crippen LogP contribution in [0.4, 0.5) is 0 Å². The molecular weight excluding hydrogens is 480 g/mol. The molecule has 0 saturated carbocycles. The second-order valence-electron chi connectivity index (χ2n) is 9.47. The van der Waals surface area contributed by atoms with E-state index in [1.165, 1.54) is 6.07 Å². The van der Waals surface area contributed by atoms with E-state index in [0.717, 1.165) is 21.9 Å². The van der Waals surface area contributed by atoms with Gasteiger partial charge in [0, 0.05) is 0 Å². The number of hydrogen-bond acceptors (Lipinski definition) is 0. The van der Waals surface area contributed by atoms with Crippen LogP contribution in [0.5, 0.6) is 0 Å². The van der Waals surface area contributed by atoms with E-state index in [1.54, 1.807) is 12.1 Å². The molecule has 0 unspecified atom stereocenters. The fraction of sp³-hybridized carbons (Fsp3) is 0. The highest BCUT2D eigenvalue weighted by Crippen LogP contribution is 2.45.